The SMILES string of the molecule is CCNc1nc(N)c(C(=O)Nc2cccc(C)c2Br)s1. The topological polar surface area (TPSA) is 80.0 Å². The average Bonchev–Trinajstić information content (AvgIpc) is 2.76. The summed E-state index contributed by atoms with van der Waals surface area (Å²) in [4.78, 5) is 16.8. The van der Waals surface area contributed by atoms with E-state index >= 15 is 0 Å². The Hall–Kier alpha value is -1.60. The van der Waals surface area contributed by atoms with Crippen LogP contribution < -0.4 is 16.4 Å². The molecule has 1 amide bonds. The van der Waals surface area contributed by atoms with Gasteiger partial charge in [0.2, 0.25) is 0 Å². The number of thiazole rings is 1. The standard InChI is InChI=1S/C13H15BrN4OS/c1-3-16-13-18-11(15)10(20-13)12(19)17-8-6-4-5-7(2)9(8)14/h4-6H,3,15H2,1-2H3,(H,16,18)(H,17,19). The van der Waals surface area contributed by atoms with Gasteiger partial charge in [0.1, 0.15) is 10.7 Å². The molecular formula is C13H15BrN4OS. The lowest BCUT2D eigenvalue weighted by Gasteiger charge is -2.08. The number of halogens is 1. The normalized spacial score (nSPS) is 10.3. The van der Waals surface area contributed by atoms with Crippen LogP contribution in [0.5, 0.6) is 0 Å². The second-order valence-corrected chi connectivity index (χ2v) is 5.95. The minimum Gasteiger partial charge on any atom is -0.382 e. The van der Waals surface area contributed by atoms with Crippen molar-refractivity contribution in [3.8, 4) is 0 Å². The Morgan fingerprint density at radius 2 is 2.25 bits per heavy atom. The Morgan fingerprint density at radius 1 is 1.50 bits per heavy atom. The minimum atomic E-state index is -0.254. The van der Waals surface area contributed by atoms with Gasteiger partial charge < -0.3 is 16.4 Å². The van der Waals surface area contributed by atoms with Crippen molar-refractivity contribution >= 4 is 49.8 Å². The van der Waals surface area contributed by atoms with E-state index in [9.17, 15) is 4.79 Å². The number of aromatic nitrogens is 1. The van der Waals surface area contributed by atoms with Crippen LogP contribution >= 0.6 is 27.3 Å². The van der Waals surface area contributed by atoms with Gasteiger partial charge in [-0.1, -0.05) is 23.5 Å². The number of hydrogen-bond acceptors (Lipinski definition) is 5. The van der Waals surface area contributed by atoms with Gasteiger partial charge in [0.15, 0.2) is 5.13 Å². The number of carbonyl (C=O) groups is 1. The van der Waals surface area contributed by atoms with Gasteiger partial charge in [-0.3, -0.25) is 4.79 Å². The van der Waals surface area contributed by atoms with Crippen molar-refractivity contribution in [2.24, 2.45) is 0 Å². The molecule has 2 aromatic rings. The first-order chi connectivity index (χ1) is 9.52. The highest BCUT2D eigenvalue weighted by molar-refractivity contribution is 9.10. The number of benzene rings is 1. The molecule has 0 radical (unpaired) electrons. The molecule has 106 valence electrons. The highest BCUT2D eigenvalue weighted by atomic mass is 79.9. The predicted molar refractivity (Wildman–Crippen MR) is 87.5 cm³/mol. The summed E-state index contributed by atoms with van der Waals surface area (Å²) in [6.07, 6.45) is 0. The number of rotatable bonds is 4. The minimum absolute atomic E-state index is 0.243. The highest BCUT2D eigenvalue weighted by Gasteiger charge is 2.17. The summed E-state index contributed by atoms with van der Waals surface area (Å²) in [6, 6.07) is 5.68. The molecule has 1 aromatic carbocycles. The van der Waals surface area contributed by atoms with Gasteiger partial charge in [-0.2, -0.15) is 0 Å². The number of hydrogen-bond donors (Lipinski definition) is 3. The number of amides is 1. The van der Waals surface area contributed by atoms with E-state index in [2.05, 4.69) is 31.5 Å². The molecule has 0 bridgehead atoms. The van der Waals surface area contributed by atoms with E-state index in [0.29, 0.717) is 15.7 Å². The van der Waals surface area contributed by atoms with Crippen LogP contribution in [0, 0.1) is 6.92 Å². The Bertz CT molecular complexity index is 641. The van der Waals surface area contributed by atoms with Crippen LogP contribution in [0.25, 0.3) is 0 Å². The Morgan fingerprint density at radius 3 is 2.95 bits per heavy atom. The van der Waals surface area contributed by atoms with Crippen LogP contribution in [0.1, 0.15) is 22.2 Å². The van der Waals surface area contributed by atoms with Crippen molar-refractivity contribution < 1.29 is 4.79 Å². The van der Waals surface area contributed by atoms with E-state index in [4.69, 9.17) is 5.73 Å². The number of anilines is 3. The van der Waals surface area contributed by atoms with Gasteiger partial charge in [-0.25, -0.2) is 4.98 Å². The molecule has 0 spiro atoms. The lowest BCUT2D eigenvalue weighted by atomic mass is 10.2. The second-order valence-electron chi connectivity index (χ2n) is 4.15. The number of aryl methyl sites for hydroxylation is 1. The third-order valence-electron chi connectivity index (χ3n) is 2.63. The maximum atomic E-state index is 12.2. The summed E-state index contributed by atoms with van der Waals surface area (Å²) >= 11 is 4.71. The number of carbonyl (C=O) groups excluding carboxylic acids is 1. The molecule has 0 aliphatic carbocycles. The van der Waals surface area contributed by atoms with Crippen LogP contribution in [-0.4, -0.2) is 17.4 Å². The Kier molecular flexibility index (Phi) is 4.61. The molecule has 5 nitrogen and oxygen atoms in total. The van der Waals surface area contributed by atoms with Crippen LogP contribution in [0.2, 0.25) is 0 Å². The van der Waals surface area contributed by atoms with Crippen molar-refractivity contribution in [1.82, 2.24) is 4.98 Å². The Labute approximate surface area is 129 Å². The first-order valence-corrected chi connectivity index (χ1v) is 7.70. The molecule has 0 aliphatic heterocycles. The van der Waals surface area contributed by atoms with Gasteiger partial charge in [-0.05, 0) is 41.4 Å². The molecule has 0 unspecified atom stereocenters. The maximum Gasteiger partial charge on any atom is 0.269 e. The molecule has 0 fully saturated rings. The predicted octanol–water partition coefficient (Wildman–Crippen LogP) is 3.48. The zero-order valence-corrected chi connectivity index (χ0v) is 13.6. The van der Waals surface area contributed by atoms with Crippen LogP contribution in [0.15, 0.2) is 22.7 Å². The van der Waals surface area contributed by atoms with Gasteiger partial charge in [-0.15, -0.1) is 0 Å². The fourth-order valence-corrected chi connectivity index (χ4v) is 2.86. The highest BCUT2D eigenvalue weighted by Crippen LogP contribution is 2.29. The second kappa shape index (κ2) is 6.23. The van der Waals surface area contributed by atoms with E-state index in [1.165, 1.54) is 11.3 Å². The molecule has 0 aliphatic rings. The summed E-state index contributed by atoms with van der Waals surface area (Å²) in [5.41, 5.74) is 7.55. The van der Waals surface area contributed by atoms with E-state index in [1.807, 2.05) is 32.0 Å². The number of nitrogens with two attached hydrogens (primary N) is 1. The molecule has 0 saturated carbocycles. The molecule has 2 rings (SSSR count). The third kappa shape index (κ3) is 3.10. The molecule has 1 heterocycles. The van der Waals surface area contributed by atoms with E-state index < -0.39 is 0 Å². The summed E-state index contributed by atoms with van der Waals surface area (Å²) in [5, 5.41) is 6.54. The van der Waals surface area contributed by atoms with Crippen molar-refractivity contribution in [2.45, 2.75) is 13.8 Å². The first kappa shape index (κ1) is 14.8. The summed E-state index contributed by atoms with van der Waals surface area (Å²) in [6.45, 7) is 4.66. The maximum absolute atomic E-state index is 12.2. The lowest BCUT2D eigenvalue weighted by molar-refractivity contribution is 0.103. The molecule has 7 heteroatoms. The summed E-state index contributed by atoms with van der Waals surface area (Å²) < 4.78 is 0.864. The fraction of sp³-hybridized carbons (Fsp3) is 0.231. The van der Waals surface area contributed by atoms with Gasteiger partial charge >= 0.3 is 0 Å². The first-order valence-electron chi connectivity index (χ1n) is 6.09. The largest absolute Gasteiger partial charge is 0.382 e. The quantitative estimate of drug-likeness (QED) is 0.785. The molecular weight excluding hydrogens is 340 g/mol. The van der Waals surface area contributed by atoms with E-state index in [-0.39, 0.29) is 11.7 Å². The van der Waals surface area contributed by atoms with Crippen molar-refractivity contribution in [3.63, 3.8) is 0 Å². The average molecular weight is 355 g/mol. The van der Waals surface area contributed by atoms with E-state index in [1.54, 1.807) is 0 Å². The fourth-order valence-electron chi connectivity index (χ4n) is 1.64. The molecule has 0 atom stereocenters. The monoisotopic (exact) mass is 354 g/mol. The summed E-state index contributed by atoms with van der Waals surface area (Å²) in [5.74, 6) is -0.0114. The van der Waals surface area contributed by atoms with E-state index in [0.717, 1.165) is 16.6 Å². The Balaban J connectivity index is 2.22. The van der Waals surface area contributed by atoms with Gasteiger partial charge in [0.25, 0.3) is 5.91 Å². The third-order valence-corrected chi connectivity index (χ3v) is 4.71. The molecule has 0 saturated heterocycles. The van der Waals surface area contributed by atoms with Crippen LogP contribution in [0.3, 0.4) is 0 Å². The lowest BCUT2D eigenvalue weighted by Crippen LogP contribution is -2.12. The molecule has 1 aromatic heterocycles. The zero-order valence-electron chi connectivity index (χ0n) is 11.2. The number of nitrogen functional groups attached to an aromatic ring is 1. The molecule has 20 heavy (non-hydrogen) atoms. The molecule has 4 N–H and O–H groups in total. The van der Waals surface area contributed by atoms with Crippen LogP contribution in [-0.2, 0) is 0 Å². The van der Waals surface area contributed by atoms with Crippen LogP contribution in [0.4, 0.5) is 16.6 Å². The van der Waals surface area contributed by atoms with Gasteiger partial charge in [0.05, 0.1) is 5.69 Å². The number of nitrogens with zero attached hydrogens (tertiary/aromatic N) is 1. The van der Waals surface area contributed by atoms with Crippen molar-refractivity contribution in [1.29, 1.82) is 0 Å². The van der Waals surface area contributed by atoms with Gasteiger partial charge in [0, 0.05) is 11.0 Å². The van der Waals surface area contributed by atoms with Crippen molar-refractivity contribution in [3.05, 3.63) is 33.1 Å². The summed E-state index contributed by atoms with van der Waals surface area (Å²) in [7, 11) is 0. The number of nitrogens with one attached hydrogen (secondary N) is 2. The zero-order chi connectivity index (χ0) is 14.7. The smallest absolute Gasteiger partial charge is 0.269 e. The van der Waals surface area contributed by atoms with Crippen molar-refractivity contribution in [2.75, 3.05) is 22.9 Å².